The largest absolute Gasteiger partial charge is 0.299 e. The summed E-state index contributed by atoms with van der Waals surface area (Å²) >= 11 is 0. The maximum Gasteiger partial charge on any atom is 0.214 e. The van der Waals surface area contributed by atoms with E-state index in [1.54, 1.807) is 12.1 Å². The summed E-state index contributed by atoms with van der Waals surface area (Å²) < 4.78 is 44.1. The molecule has 0 aliphatic rings. The van der Waals surface area contributed by atoms with Crippen molar-refractivity contribution < 1.29 is 26.9 Å². The van der Waals surface area contributed by atoms with Crippen LogP contribution in [0.15, 0.2) is 268 Å². The zero-order valence-electron chi connectivity index (χ0n) is 68.6. The first-order chi connectivity index (χ1) is 54.8. The van der Waals surface area contributed by atoms with Gasteiger partial charge in [-0.25, -0.2) is 24.9 Å². The van der Waals surface area contributed by atoms with Crippen LogP contribution < -0.4 is 22.8 Å². The second kappa shape index (κ2) is 29.3. The lowest BCUT2D eigenvalue weighted by Crippen LogP contribution is -2.30. The van der Waals surface area contributed by atoms with Gasteiger partial charge in [-0.05, 0) is 206 Å². The van der Waals surface area contributed by atoms with Crippen molar-refractivity contribution in [3.05, 3.63) is 329 Å². The van der Waals surface area contributed by atoms with Gasteiger partial charge in [-0.2, -0.15) is 22.8 Å². The summed E-state index contributed by atoms with van der Waals surface area (Å²) in [6, 6.07) is 70.8. The minimum absolute atomic E-state index is 0.368. The van der Waals surface area contributed by atoms with Crippen LogP contribution in [0.5, 0.6) is 0 Å². The van der Waals surface area contributed by atoms with Crippen LogP contribution in [-0.2, 0) is 35.2 Å². The van der Waals surface area contributed by atoms with E-state index >= 15 is 0 Å². The Morgan fingerprint density at radius 1 is 0.243 bits per heavy atom. The topological polar surface area (TPSA) is 106 Å². The molecule has 0 atom stereocenters. The standard InChI is InChI=1S/2C20H20N3.2C19H18N3.C18H16N3/c1-13-9-14(2)15(3)16(10-13)18-11-19-17(12-22(18)4)21-20-7-5-6-8-23(19)20;1-13-9-14(2)15(3)16(10-13)18-11-17-19(12-22(18)4)23-8-6-5-7-20(23)21-17;2*1-13-7-8-15(14(2)10-13)17-11-18-16(12-21(17)3)20-19-6-4-5-9-22(18)19;1-13-7-3-4-8-14(13)16-11-17-15(12-20(16)2)19-18-9-5-6-10-21(17)18/h2*5-12H,1-4H3;2*4-12H,1-3H3;3-12H,1-2H3/q5*+1/i;;1D3;;. The molecule has 0 aliphatic carbocycles. The number of pyridine rings is 10. The molecular weight excluding hydrogens is 1360 g/mol. The molecule has 0 fully saturated rings. The lowest BCUT2D eigenvalue weighted by Gasteiger charge is -2.09. The number of hydrogen-bond acceptors (Lipinski definition) is 5. The first-order valence-corrected chi connectivity index (χ1v) is 37.5. The van der Waals surface area contributed by atoms with Crippen LogP contribution in [0.3, 0.4) is 0 Å². The highest BCUT2D eigenvalue weighted by molar-refractivity contribution is 5.87. The highest BCUT2D eigenvalue weighted by Gasteiger charge is 2.24. The molecule has 0 spiro atoms. The molecule has 111 heavy (non-hydrogen) atoms. The minimum Gasteiger partial charge on any atom is -0.299 e. The molecule has 20 aromatic rings. The normalized spacial score (nSPS) is 11.9. The SMILES string of the molecule is Cc1cc(C)c(C)c(-c2cc3c(c[n+]2C)nc2ccccn23)c1.Cc1cc(C)c(C)c(-c2cc3nc4ccccn4c3c[n+]2C)c1.Cc1ccc(-c2cc3c(c[n+]2C)nc2ccccn23)c(C)c1.Cc1ccccc1-c1cc2c(c[n+]1C)nc1ccccn12.[2H]C([2H])([2H])c1ccc(-c2cc3c(c[n+]2C)nc2ccccn23)c(C)c1. The molecule has 0 aliphatic heterocycles. The average molecular weight is 1460 g/mol. The highest BCUT2D eigenvalue weighted by Crippen LogP contribution is 2.33. The third-order valence-corrected chi connectivity index (χ3v) is 21.6. The van der Waals surface area contributed by atoms with E-state index in [0.717, 1.165) is 100 Å². The fourth-order valence-electron chi connectivity index (χ4n) is 15.6. The number of fused-ring (bicyclic) bond motifs is 15. The van der Waals surface area contributed by atoms with E-state index in [4.69, 9.17) is 14.1 Å². The van der Waals surface area contributed by atoms with Gasteiger partial charge in [0.15, 0.2) is 53.1 Å². The third kappa shape index (κ3) is 13.8. The lowest BCUT2D eigenvalue weighted by atomic mass is 9.97. The molecule has 0 unspecified atom stereocenters. The van der Waals surface area contributed by atoms with E-state index in [0.29, 0.717) is 5.56 Å². The fourth-order valence-corrected chi connectivity index (χ4v) is 15.6. The van der Waals surface area contributed by atoms with Crippen molar-refractivity contribution in [3.63, 3.8) is 0 Å². The van der Waals surface area contributed by atoms with E-state index in [-0.39, 0.29) is 0 Å². The molecule has 0 radical (unpaired) electrons. The Balaban J connectivity index is 0.000000107. The van der Waals surface area contributed by atoms with Crippen molar-refractivity contribution >= 4 is 83.4 Å². The Morgan fingerprint density at radius 3 is 0.910 bits per heavy atom. The van der Waals surface area contributed by atoms with Gasteiger partial charge in [-0.1, -0.05) is 107 Å². The van der Waals surface area contributed by atoms with Gasteiger partial charge in [0.25, 0.3) is 0 Å². The fraction of sp³-hybridized carbons (Fsp3) is 0.167. The van der Waals surface area contributed by atoms with Crippen molar-refractivity contribution in [1.29, 1.82) is 0 Å². The summed E-state index contributed by atoms with van der Waals surface area (Å²) in [6.45, 7) is 19.4. The second-order valence-electron chi connectivity index (χ2n) is 29.6. The van der Waals surface area contributed by atoms with Gasteiger partial charge in [0.05, 0.1) is 22.1 Å². The zero-order valence-corrected chi connectivity index (χ0v) is 65.6. The van der Waals surface area contributed by atoms with Crippen LogP contribution in [0, 0.1) is 76.1 Å². The Labute approximate surface area is 650 Å². The predicted octanol–water partition coefficient (Wildman–Crippen LogP) is 18.3. The Morgan fingerprint density at radius 2 is 0.541 bits per heavy atom. The summed E-state index contributed by atoms with van der Waals surface area (Å²) in [5.74, 6) is 0. The zero-order chi connectivity index (χ0) is 79.7. The van der Waals surface area contributed by atoms with Crippen LogP contribution in [0.1, 0.15) is 65.3 Å². The quantitative estimate of drug-likeness (QED) is 0.160. The molecule has 20 rings (SSSR count). The number of rotatable bonds is 5. The average Bonchev–Trinajstić information content (AvgIpc) is 1.62. The number of nitrogens with zero attached hydrogens (tertiary/aromatic N) is 15. The number of aromatic nitrogens is 15. The number of benzene rings is 5. The van der Waals surface area contributed by atoms with Crippen molar-refractivity contribution in [2.24, 2.45) is 35.2 Å². The highest BCUT2D eigenvalue weighted by atomic mass is 15.1. The molecule has 0 N–H and O–H groups in total. The summed E-state index contributed by atoms with van der Waals surface area (Å²) in [5.41, 5.74) is 40.5. The van der Waals surface area contributed by atoms with Gasteiger partial charge < -0.3 is 0 Å². The van der Waals surface area contributed by atoms with Gasteiger partial charge in [-0.3, -0.25) is 22.0 Å². The smallest absolute Gasteiger partial charge is 0.214 e. The van der Waals surface area contributed by atoms with Gasteiger partial charge in [0, 0.05) is 93.2 Å². The number of imidazole rings is 5. The van der Waals surface area contributed by atoms with Crippen LogP contribution >= 0.6 is 0 Å². The predicted molar refractivity (Wildman–Crippen MR) is 449 cm³/mol. The Bertz CT molecular complexity index is 7190. The molecular formula is C96H92N15+5. The first kappa shape index (κ1) is 68.2. The molecule has 15 heteroatoms. The summed E-state index contributed by atoms with van der Waals surface area (Å²) in [7, 11) is 10.3. The summed E-state index contributed by atoms with van der Waals surface area (Å²) in [4.78, 5) is 23.5. The molecule has 0 saturated carbocycles. The molecule has 5 aromatic carbocycles. The van der Waals surface area contributed by atoms with Gasteiger partial charge in [-0.15, -0.1) is 0 Å². The van der Waals surface area contributed by atoms with Crippen LogP contribution in [0.2, 0.25) is 0 Å². The number of aryl methyl sites for hydroxylation is 14. The third-order valence-electron chi connectivity index (χ3n) is 21.6. The minimum atomic E-state index is -2.09. The Hall–Kier alpha value is -13.4. The second-order valence-corrected chi connectivity index (χ2v) is 29.6. The molecule has 15 heterocycles. The molecule has 0 amide bonds. The Kier molecular flexibility index (Phi) is 18.0. The van der Waals surface area contributed by atoms with Gasteiger partial charge >= 0.3 is 0 Å². The van der Waals surface area contributed by atoms with E-state index < -0.39 is 6.85 Å². The maximum absolute atomic E-state index is 7.58. The van der Waals surface area contributed by atoms with E-state index in [9.17, 15) is 0 Å². The summed E-state index contributed by atoms with van der Waals surface area (Å²) in [5, 5.41) is 0. The monoisotopic (exact) mass is 1460 g/mol. The van der Waals surface area contributed by atoms with Crippen molar-refractivity contribution in [3.8, 4) is 56.3 Å². The van der Waals surface area contributed by atoms with Crippen LogP contribution in [-0.4, -0.2) is 46.9 Å². The van der Waals surface area contributed by atoms with E-state index in [2.05, 4.69) is 292 Å². The number of hydrogen-bond donors (Lipinski definition) is 0. The van der Waals surface area contributed by atoms with Gasteiger partial charge in [0.2, 0.25) is 28.5 Å². The van der Waals surface area contributed by atoms with Gasteiger partial charge in [0.1, 0.15) is 74.5 Å². The molecule has 15 aromatic heterocycles. The maximum atomic E-state index is 7.58. The molecule has 0 saturated heterocycles. The first-order valence-electron chi connectivity index (χ1n) is 39.0. The van der Waals surface area contributed by atoms with Crippen molar-refractivity contribution in [1.82, 2.24) is 46.9 Å². The summed E-state index contributed by atoms with van der Waals surface area (Å²) in [6.07, 6.45) is 20.8. The van der Waals surface area contributed by atoms with E-state index in [1.165, 1.54) is 95.1 Å². The van der Waals surface area contributed by atoms with Crippen molar-refractivity contribution in [2.75, 3.05) is 0 Å². The van der Waals surface area contributed by atoms with Crippen molar-refractivity contribution in [2.45, 2.75) is 76.1 Å². The van der Waals surface area contributed by atoms with E-state index in [1.807, 2.05) is 128 Å². The van der Waals surface area contributed by atoms with Crippen LogP contribution in [0.25, 0.3) is 140 Å². The molecule has 546 valence electrons. The molecule has 15 nitrogen and oxygen atoms in total. The molecule has 0 bridgehead atoms. The lowest BCUT2D eigenvalue weighted by molar-refractivity contribution is -0.659. The van der Waals surface area contributed by atoms with Crippen LogP contribution in [0.4, 0.5) is 0 Å².